The first-order valence-electron chi connectivity index (χ1n) is 6.59. The fourth-order valence-electron chi connectivity index (χ4n) is 1.57. The van der Waals surface area contributed by atoms with Crippen molar-refractivity contribution in [2.45, 2.75) is 13.0 Å². The molecule has 0 radical (unpaired) electrons. The van der Waals surface area contributed by atoms with Crippen LogP contribution in [0.25, 0.3) is 0 Å². The molecule has 112 valence electrons. The molecule has 0 fully saturated rings. The molecule has 20 heavy (non-hydrogen) atoms. The number of carbonyl (C=O) groups excluding carboxylic acids is 1. The summed E-state index contributed by atoms with van der Waals surface area (Å²) < 4.78 is 20.4. The number of rotatable bonds is 10. The number of ether oxygens (including phenoxy) is 4. The highest BCUT2D eigenvalue weighted by Gasteiger charge is 2.04. The van der Waals surface area contributed by atoms with Crippen LogP contribution in [-0.4, -0.2) is 46.6 Å². The average Bonchev–Trinajstić information content (AvgIpc) is 2.50. The first kappa shape index (κ1) is 16.6. The first-order chi connectivity index (χ1) is 9.77. The number of methoxy groups -OCH3 is 2. The van der Waals surface area contributed by atoms with Gasteiger partial charge in [0.05, 0.1) is 32.5 Å². The molecule has 1 rings (SSSR count). The minimum Gasteiger partial charge on any atom is -0.465 e. The van der Waals surface area contributed by atoms with Gasteiger partial charge in [-0.05, 0) is 24.1 Å². The van der Waals surface area contributed by atoms with E-state index in [1.165, 1.54) is 7.11 Å². The predicted octanol–water partition coefficient (Wildman–Crippen LogP) is 2.04. The Kier molecular flexibility index (Phi) is 8.62. The van der Waals surface area contributed by atoms with Gasteiger partial charge in [0, 0.05) is 20.3 Å². The van der Waals surface area contributed by atoms with Crippen molar-refractivity contribution >= 4 is 5.97 Å². The second-order valence-electron chi connectivity index (χ2n) is 4.20. The minimum absolute atomic E-state index is 0.332. The highest BCUT2D eigenvalue weighted by molar-refractivity contribution is 5.89. The Bertz CT molecular complexity index is 374. The van der Waals surface area contributed by atoms with Crippen LogP contribution in [0.1, 0.15) is 22.3 Å². The van der Waals surface area contributed by atoms with Gasteiger partial charge in [0.2, 0.25) is 0 Å². The minimum atomic E-state index is -0.332. The quantitative estimate of drug-likeness (QED) is 0.485. The normalized spacial score (nSPS) is 10.5. The highest BCUT2D eigenvalue weighted by Crippen LogP contribution is 2.06. The summed E-state index contributed by atoms with van der Waals surface area (Å²) in [7, 11) is 3.04. The molecule has 0 N–H and O–H groups in total. The Morgan fingerprint density at radius 2 is 1.65 bits per heavy atom. The van der Waals surface area contributed by atoms with Crippen LogP contribution in [0.15, 0.2) is 24.3 Å². The molecular weight excluding hydrogens is 260 g/mol. The molecule has 1 aromatic rings. The van der Waals surface area contributed by atoms with Gasteiger partial charge in [-0.15, -0.1) is 0 Å². The summed E-state index contributed by atoms with van der Waals surface area (Å²) in [6.45, 7) is 3.02. The van der Waals surface area contributed by atoms with Crippen LogP contribution in [0.4, 0.5) is 0 Å². The van der Waals surface area contributed by atoms with Crippen molar-refractivity contribution in [1.29, 1.82) is 0 Å². The van der Waals surface area contributed by atoms with Crippen LogP contribution in [0, 0.1) is 0 Å². The lowest BCUT2D eigenvalue weighted by Gasteiger charge is -2.06. The Labute approximate surface area is 119 Å². The molecule has 1 aromatic carbocycles. The van der Waals surface area contributed by atoms with Crippen LogP contribution in [0.5, 0.6) is 0 Å². The summed E-state index contributed by atoms with van der Waals surface area (Å²) in [5, 5.41) is 0. The zero-order valence-electron chi connectivity index (χ0n) is 12.1. The van der Waals surface area contributed by atoms with Gasteiger partial charge in [0.15, 0.2) is 0 Å². The van der Waals surface area contributed by atoms with Gasteiger partial charge in [-0.25, -0.2) is 4.79 Å². The first-order valence-corrected chi connectivity index (χ1v) is 6.59. The van der Waals surface area contributed by atoms with Crippen LogP contribution in [0.3, 0.4) is 0 Å². The fourth-order valence-corrected chi connectivity index (χ4v) is 1.57. The van der Waals surface area contributed by atoms with E-state index in [9.17, 15) is 4.79 Å². The predicted molar refractivity (Wildman–Crippen MR) is 74.7 cm³/mol. The molecule has 5 heteroatoms. The van der Waals surface area contributed by atoms with E-state index < -0.39 is 0 Å². The smallest absolute Gasteiger partial charge is 0.337 e. The summed E-state index contributed by atoms with van der Waals surface area (Å²) >= 11 is 0. The second-order valence-corrected chi connectivity index (χ2v) is 4.20. The maximum atomic E-state index is 11.3. The Morgan fingerprint density at radius 1 is 0.950 bits per heavy atom. The van der Waals surface area contributed by atoms with E-state index in [1.54, 1.807) is 19.2 Å². The van der Waals surface area contributed by atoms with E-state index >= 15 is 0 Å². The monoisotopic (exact) mass is 282 g/mol. The van der Waals surface area contributed by atoms with Gasteiger partial charge in [0.1, 0.15) is 0 Å². The summed E-state index contributed by atoms with van der Waals surface area (Å²) in [6, 6.07) is 7.16. The van der Waals surface area contributed by atoms with Gasteiger partial charge in [-0.1, -0.05) is 12.1 Å². The summed E-state index contributed by atoms with van der Waals surface area (Å²) in [6.07, 6.45) is 0.894. The molecule has 0 aliphatic carbocycles. The molecular formula is C15H22O5. The number of hydrogen-bond donors (Lipinski definition) is 0. The molecule has 0 saturated heterocycles. The lowest BCUT2D eigenvalue weighted by molar-refractivity contribution is 0.0337. The van der Waals surface area contributed by atoms with Crippen molar-refractivity contribution in [2.75, 3.05) is 40.6 Å². The third-order valence-corrected chi connectivity index (χ3v) is 2.65. The van der Waals surface area contributed by atoms with E-state index in [1.807, 2.05) is 12.1 Å². The molecule has 0 atom stereocenters. The molecule has 0 aromatic heterocycles. The topological polar surface area (TPSA) is 54.0 Å². The lowest BCUT2D eigenvalue weighted by Crippen LogP contribution is -2.07. The van der Waals surface area contributed by atoms with Gasteiger partial charge in [0.25, 0.3) is 0 Å². The van der Waals surface area contributed by atoms with Crippen molar-refractivity contribution in [1.82, 2.24) is 0 Å². The number of hydrogen-bond acceptors (Lipinski definition) is 5. The molecule has 0 unspecified atom stereocenters. The van der Waals surface area contributed by atoms with Crippen molar-refractivity contribution in [2.24, 2.45) is 0 Å². The van der Waals surface area contributed by atoms with Crippen molar-refractivity contribution in [3.05, 3.63) is 35.4 Å². The van der Waals surface area contributed by atoms with E-state index in [2.05, 4.69) is 4.74 Å². The van der Waals surface area contributed by atoms with Gasteiger partial charge >= 0.3 is 5.97 Å². The zero-order valence-corrected chi connectivity index (χ0v) is 12.1. The summed E-state index contributed by atoms with van der Waals surface area (Å²) in [5.74, 6) is -0.332. The molecule has 0 aliphatic rings. The molecule has 0 heterocycles. The van der Waals surface area contributed by atoms with Crippen LogP contribution < -0.4 is 0 Å². The summed E-state index contributed by atoms with van der Waals surface area (Å²) in [4.78, 5) is 11.3. The molecule has 5 nitrogen and oxygen atoms in total. The fraction of sp³-hybridized carbons (Fsp3) is 0.533. The average molecular weight is 282 g/mol. The van der Waals surface area contributed by atoms with E-state index in [4.69, 9.17) is 14.2 Å². The van der Waals surface area contributed by atoms with E-state index in [0.29, 0.717) is 38.6 Å². The van der Waals surface area contributed by atoms with Crippen LogP contribution in [0.2, 0.25) is 0 Å². The van der Waals surface area contributed by atoms with Gasteiger partial charge in [-0.2, -0.15) is 0 Å². The third-order valence-electron chi connectivity index (χ3n) is 2.65. The van der Waals surface area contributed by atoms with Crippen molar-refractivity contribution in [3.8, 4) is 0 Å². The lowest BCUT2D eigenvalue weighted by atomic mass is 10.1. The largest absolute Gasteiger partial charge is 0.465 e. The SMILES string of the molecule is COCCCOCCOCc1ccc(C(=O)OC)cc1. The van der Waals surface area contributed by atoms with Crippen molar-refractivity contribution in [3.63, 3.8) is 0 Å². The standard InChI is InChI=1S/C15H22O5/c1-17-8-3-9-19-10-11-20-12-13-4-6-14(7-5-13)15(16)18-2/h4-7H,3,8-12H2,1-2H3. The highest BCUT2D eigenvalue weighted by atomic mass is 16.5. The number of benzene rings is 1. The van der Waals surface area contributed by atoms with E-state index in [0.717, 1.165) is 12.0 Å². The molecule has 0 spiro atoms. The third kappa shape index (κ3) is 6.65. The number of carbonyl (C=O) groups is 1. The number of esters is 1. The van der Waals surface area contributed by atoms with E-state index in [-0.39, 0.29) is 5.97 Å². The molecule has 0 bridgehead atoms. The Hall–Kier alpha value is -1.43. The molecule has 0 saturated carbocycles. The Balaban J connectivity index is 2.11. The van der Waals surface area contributed by atoms with Gasteiger partial charge in [-0.3, -0.25) is 0 Å². The molecule has 0 amide bonds. The Morgan fingerprint density at radius 3 is 2.30 bits per heavy atom. The van der Waals surface area contributed by atoms with Crippen molar-refractivity contribution < 1.29 is 23.7 Å². The second kappa shape index (κ2) is 10.4. The molecule has 0 aliphatic heterocycles. The maximum absolute atomic E-state index is 11.3. The zero-order chi connectivity index (χ0) is 14.6. The summed E-state index contributed by atoms with van der Waals surface area (Å²) in [5.41, 5.74) is 1.55. The van der Waals surface area contributed by atoms with Crippen LogP contribution in [-0.2, 0) is 25.6 Å². The van der Waals surface area contributed by atoms with Gasteiger partial charge < -0.3 is 18.9 Å². The van der Waals surface area contributed by atoms with Crippen LogP contribution >= 0.6 is 0 Å². The maximum Gasteiger partial charge on any atom is 0.337 e.